The Bertz CT molecular complexity index is 764. The van der Waals surface area contributed by atoms with Gasteiger partial charge >= 0.3 is 0 Å². The number of nitrogens with one attached hydrogen (secondary N) is 1. The summed E-state index contributed by atoms with van der Waals surface area (Å²) < 4.78 is 0. The normalized spacial score (nSPS) is 13.2. The van der Waals surface area contributed by atoms with Gasteiger partial charge < -0.3 is 5.32 Å². The Labute approximate surface area is 157 Å². The topological polar surface area (TPSA) is 42.0 Å². The summed E-state index contributed by atoms with van der Waals surface area (Å²) in [6.07, 6.45) is 15.3. The van der Waals surface area contributed by atoms with E-state index in [4.69, 9.17) is 0 Å². The molecule has 0 saturated heterocycles. The quantitative estimate of drug-likeness (QED) is 0.484. The number of carbonyl (C=O) groups is 1. The van der Waals surface area contributed by atoms with E-state index in [2.05, 4.69) is 29.9 Å². The number of Topliss-reactive ketones (excluding diaryl/α,β-unsaturated/α-hetero) is 1. The molecule has 0 aliphatic heterocycles. The number of carbonyl (C=O) groups excluding carboxylic acids is 1. The van der Waals surface area contributed by atoms with Crippen molar-refractivity contribution in [2.75, 3.05) is 7.05 Å². The summed E-state index contributed by atoms with van der Waals surface area (Å²) in [5, 5.41) is 3.16. The van der Waals surface area contributed by atoms with Crippen molar-refractivity contribution in [3.8, 4) is 0 Å². The van der Waals surface area contributed by atoms with Crippen LogP contribution in [0.25, 0.3) is 5.57 Å². The summed E-state index contributed by atoms with van der Waals surface area (Å²) >= 11 is 0. The van der Waals surface area contributed by atoms with Crippen LogP contribution in [0.5, 0.6) is 0 Å². The van der Waals surface area contributed by atoms with Crippen LogP contribution in [0, 0.1) is 6.92 Å². The molecule has 0 aromatic carbocycles. The SMILES string of the molecule is C=C(/C=C(\C=C/C)/C=C/C(C(C)=O)=C(/CCC)NC)c1cncc(C)c1. The minimum atomic E-state index is 0.0561. The first-order valence-electron chi connectivity index (χ1n) is 8.98. The average Bonchev–Trinajstić information content (AvgIpc) is 2.60. The van der Waals surface area contributed by atoms with Gasteiger partial charge in [-0.2, -0.15) is 0 Å². The zero-order valence-electron chi connectivity index (χ0n) is 16.6. The minimum absolute atomic E-state index is 0.0561. The molecular formula is C23H30N2O. The first-order valence-corrected chi connectivity index (χ1v) is 8.98. The van der Waals surface area contributed by atoms with Crippen LogP contribution >= 0.6 is 0 Å². The highest BCUT2D eigenvalue weighted by atomic mass is 16.1. The molecule has 0 bridgehead atoms. The molecule has 3 nitrogen and oxygen atoms in total. The summed E-state index contributed by atoms with van der Waals surface area (Å²) in [6.45, 7) is 11.8. The second kappa shape index (κ2) is 11.0. The van der Waals surface area contributed by atoms with Gasteiger partial charge in [-0.1, -0.05) is 38.2 Å². The van der Waals surface area contributed by atoms with E-state index in [0.29, 0.717) is 5.57 Å². The Kier molecular flexibility index (Phi) is 9.07. The number of allylic oxidation sites excluding steroid dienone is 9. The molecule has 1 aromatic heterocycles. The van der Waals surface area contributed by atoms with E-state index in [1.165, 1.54) is 0 Å². The number of ketones is 1. The molecule has 0 atom stereocenters. The van der Waals surface area contributed by atoms with Gasteiger partial charge in [0.1, 0.15) is 0 Å². The molecule has 0 aliphatic carbocycles. The smallest absolute Gasteiger partial charge is 0.161 e. The molecule has 0 aliphatic rings. The number of pyridine rings is 1. The van der Waals surface area contributed by atoms with Gasteiger partial charge in [0.25, 0.3) is 0 Å². The molecule has 0 spiro atoms. The van der Waals surface area contributed by atoms with Crippen LogP contribution in [0.15, 0.2) is 72.3 Å². The summed E-state index contributed by atoms with van der Waals surface area (Å²) in [5.41, 5.74) is 5.63. The summed E-state index contributed by atoms with van der Waals surface area (Å²) in [4.78, 5) is 16.3. The third-order valence-electron chi connectivity index (χ3n) is 3.89. The van der Waals surface area contributed by atoms with Gasteiger partial charge in [0, 0.05) is 30.7 Å². The van der Waals surface area contributed by atoms with Gasteiger partial charge in [0.2, 0.25) is 0 Å². The number of hydrogen-bond acceptors (Lipinski definition) is 3. The lowest BCUT2D eigenvalue weighted by molar-refractivity contribution is -0.113. The highest BCUT2D eigenvalue weighted by Crippen LogP contribution is 2.18. The van der Waals surface area contributed by atoms with Crippen molar-refractivity contribution in [3.05, 3.63) is 83.4 Å². The second-order valence-electron chi connectivity index (χ2n) is 6.20. The minimum Gasteiger partial charge on any atom is -0.391 e. The van der Waals surface area contributed by atoms with Crippen molar-refractivity contribution < 1.29 is 4.79 Å². The Hall–Kier alpha value is -2.68. The lowest BCUT2D eigenvalue weighted by Gasteiger charge is -2.09. The van der Waals surface area contributed by atoms with Gasteiger partial charge in [-0.15, -0.1) is 0 Å². The molecule has 138 valence electrons. The molecule has 0 saturated carbocycles. The average molecular weight is 351 g/mol. The van der Waals surface area contributed by atoms with Gasteiger partial charge in [0.05, 0.1) is 0 Å². The molecular weight excluding hydrogens is 320 g/mol. The third kappa shape index (κ3) is 6.67. The zero-order valence-corrected chi connectivity index (χ0v) is 16.6. The van der Waals surface area contributed by atoms with Crippen molar-refractivity contribution in [1.29, 1.82) is 0 Å². The monoisotopic (exact) mass is 350 g/mol. The molecule has 26 heavy (non-hydrogen) atoms. The lowest BCUT2D eigenvalue weighted by Crippen LogP contribution is -2.12. The molecule has 3 heteroatoms. The maximum atomic E-state index is 12.1. The van der Waals surface area contributed by atoms with Crippen molar-refractivity contribution >= 4 is 11.4 Å². The van der Waals surface area contributed by atoms with E-state index in [1.54, 1.807) is 6.92 Å². The molecule has 1 rings (SSSR count). The molecule has 0 amide bonds. The number of aromatic nitrogens is 1. The predicted octanol–water partition coefficient (Wildman–Crippen LogP) is 5.32. The van der Waals surface area contributed by atoms with E-state index in [1.807, 2.05) is 63.7 Å². The fourth-order valence-corrected chi connectivity index (χ4v) is 2.61. The maximum absolute atomic E-state index is 12.1. The van der Waals surface area contributed by atoms with Crippen molar-refractivity contribution in [1.82, 2.24) is 10.3 Å². The van der Waals surface area contributed by atoms with E-state index in [9.17, 15) is 4.79 Å². The fourth-order valence-electron chi connectivity index (χ4n) is 2.61. The Morgan fingerprint density at radius 1 is 1.27 bits per heavy atom. The maximum Gasteiger partial charge on any atom is 0.161 e. The molecule has 0 fully saturated rings. The van der Waals surface area contributed by atoms with E-state index in [-0.39, 0.29) is 5.78 Å². The van der Waals surface area contributed by atoms with Crippen molar-refractivity contribution in [2.45, 2.75) is 40.5 Å². The zero-order chi connectivity index (χ0) is 19.5. The molecule has 0 unspecified atom stereocenters. The number of aryl methyl sites for hydroxylation is 1. The Morgan fingerprint density at radius 3 is 2.54 bits per heavy atom. The van der Waals surface area contributed by atoms with Crippen LogP contribution in [-0.2, 0) is 4.79 Å². The van der Waals surface area contributed by atoms with Crippen LogP contribution in [0.4, 0.5) is 0 Å². The third-order valence-corrected chi connectivity index (χ3v) is 3.89. The Balaban J connectivity index is 3.22. The lowest BCUT2D eigenvalue weighted by atomic mass is 10.0. The van der Waals surface area contributed by atoms with Crippen molar-refractivity contribution in [3.63, 3.8) is 0 Å². The van der Waals surface area contributed by atoms with Crippen LogP contribution < -0.4 is 5.32 Å². The summed E-state index contributed by atoms with van der Waals surface area (Å²) in [6, 6.07) is 2.06. The second-order valence-corrected chi connectivity index (χ2v) is 6.20. The number of nitrogens with zero attached hydrogens (tertiary/aromatic N) is 1. The molecule has 1 heterocycles. The number of hydrogen-bond donors (Lipinski definition) is 1. The molecule has 1 N–H and O–H groups in total. The highest BCUT2D eigenvalue weighted by Gasteiger charge is 2.07. The van der Waals surface area contributed by atoms with Gasteiger partial charge in [0.15, 0.2) is 5.78 Å². The fraction of sp³-hybridized carbons (Fsp3) is 0.304. The Morgan fingerprint density at radius 2 is 2.00 bits per heavy atom. The van der Waals surface area contributed by atoms with Crippen LogP contribution in [-0.4, -0.2) is 17.8 Å². The summed E-state index contributed by atoms with van der Waals surface area (Å²) in [5.74, 6) is 0.0561. The highest BCUT2D eigenvalue weighted by molar-refractivity contribution is 5.97. The number of rotatable bonds is 9. The first-order chi connectivity index (χ1) is 12.4. The van der Waals surface area contributed by atoms with Crippen LogP contribution in [0.2, 0.25) is 0 Å². The predicted molar refractivity (Wildman–Crippen MR) is 112 cm³/mol. The first kappa shape index (κ1) is 21.4. The van der Waals surface area contributed by atoms with E-state index in [0.717, 1.165) is 40.8 Å². The van der Waals surface area contributed by atoms with E-state index < -0.39 is 0 Å². The molecule has 1 aromatic rings. The van der Waals surface area contributed by atoms with Gasteiger partial charge in [-0.25, -0.2) is 0 Å². The van der Waals surface area contributed by atoms with Crippen molar-refractivity contribution in [2.24, 2.45) is 0 Å². The van der Waals surface area contributed by atoms with Crippen LogP contribution in [0.1, 0.15) is 44.7 Å². The summed E-state index contributed by atoms with van der Waals surface area (Å²) in [7, 11) is 1.86. The van der Waals surface area contributed by atoms with Crippen LogP contribution in [0.3, 0.4) is 0 Å². The largest absolute Gasteiger partial charge is 0.391 e. The standard InChI is InChI=1S/C23H30N2O/c1-7-9-20(14-18(4)21-13-17(3)15-25-16-21)11-12-22(19(5)26)23(24-6)10-8-2/h7,9,11-16,24H,4,8,10H2,1-3,5-6H3/b9-7-,12-11+,20-14+,23-22+. The van der Waals surface area contributed by atoms with Gasteiger partial charge in [-0.05, 0) is 67.7 Å². The van der Waals surface area contributed by atoms with Gasteiger partial charge in [-0.3, -0.25) is 9.78 Å². The molecule has 0 radical (unpaired) electrons. The van der Waals surface area contributed by atoms with E-state index >= 15 is 0 Å².